The molecule has 0 aliphatic rings. The van der Waals surface area contributed by atoms with E-state index in [0.717, 1.165) is 16.3 Å². The summed E-state index contributed by atoms with van der Waals surface area (Å²) >= 11 is 1.48. The Labute approximate surface area is 109 Å². The molecule has 0 fully saturated rings. The molecule has 18 heavy (non-hydrogen) atoms. The largest absolute Gasteiger partial charge is 0.491 e. The summed E-state index contributed by atoms with van der Waals surface area (Å²) < 4.78 is 18.8. The highest BCUT2D eigenvalue weighted by Gasteiger charge is 2.08. The van der Waals surface area contributed by atoms with E-state index in [0.29, 0.717) is 13.2 Å². The lowest BCUT2D eigenvalue weighted by molar-refractivity contribution is 0.321. The average Bonchev–Trinajstić information content (AvgIpc) is 2.81. The molecule has 0 amide bonds. The van der Waals surface area contributed by atoms with E-state index in [-0.39, 0.29) is 11.6 Å². The van der Waals surface area contributed by atoms with Gasteiger partial charge in [-0.05, 0) is 25.1 Å². The molecule has 3 N–H and O–H groups in total. The Hall–Kier alpha value is -1.50. The lowest BCUT2D eigenvalue weighted by Crippen LogP contribution is -2.20. The molecule has 0 spiro atoms. The van der Waals surface area contributed by atoms with Crippen LogP contribution in [0.3, 0.4) is 0 Å². The van der Waals surface area contributed by atoms with Gasteiger partial charge in [-0.2, -0.15) is 0 Å². The second-order valence-electron chi connectivity index (χ2n) is 3.59. The molecular formula is C12H14FN3OS. The van der Waals surface area contributed by atoms with E-state index in [1.807, 2.05) is 12.3 Å². The normalized spacial score (nSPS) is 10.6. The van der Waals surface area contributed by atoms with Crippen LogP contribution in [0, 0.1) is 5.82 Å². The van der Waals surface area contributed by atoms with Gasteiger partial charge in [-0.1, -0.05) is 0 Å². The fourth-order valence-electron chi connectivity index (χ4n) is 1.54. The van der Waals surface area contributed by atoms with Gasteiger partial charge in [0, 0.05) is 10.9 Å². The van der Waals surface area contributed by atoms with Crippen LogP contribution >= 0.6 is 11.3 Å². The molecule has 0 saturated carbocycles. The molecule has 6 heteroatoms. The Balaban J connectivity index is 2.24. The van der Waals surface area contributed by atoms with Gasteiger partial charge in [-0.15, -0.1) is 11.3 Å². The van der Waals surface area contributed by atoms with E-state index in [4.69, 9.17) is 10.6 Å². The number of nitrogens with zero attached hydrogens (tertiary/aromatic N) is 1. The molecule has 2 aromatic rings. The van der Waals surface area contributed by atoms with E-state index < -0.39 is 0 Å². The molecule has 0 aliphatic heterocycles. The number of nitrogens with two attached hydrogens (primary N) is 1. The summed E-state index contributed by atoms with van der Waals surface area (Å²) in [6.45, 7) is 2.77. The maximum Gasteiger partial charge on any atom is 0.165 e. The minimum Gasteiger partial charge on any atom is -0.491 e. The summed E-state index contributed by atoms with van der Waals surface area (Å²) in [6, 6.07) is 4.84. The van der Waals surface area contributed by atoms with Crippen LogP contribution < -0.4 is 16.0 Å². The van der Waals surface area contributed by atoms with Crippen molar-refractivity contribution >= 4 is 11.3 Å². The van der Waals surface area contributed by atoms with Gasteiger partial charge in [0.1, 0.15) is 5.01 Å². The number of rotatable bonds is 5. The summed E-state index contributed by atoms with van der Waals surface area (Å²) in [6.07, 6.45) is 0. The third kappa shape index (κ3) is 2.84. The lowest BCUT2D eigenvalue weighted by Gasteiger charge is -2.05. The number of hydrazine groups is 1. The first kappa shape index (κ1) is 12.9. The molecule has 0 aliphatic carbocycles. The zero-order valence-corrected chi connectivity index (χ0v) is 10.8. The molecule has 2 rings (SSSR count). The van der Waals surface area contributed by atoms with Crippen molar-refractivity contribution in [3.8, 4) is 17.0 Å². The number of hydrogen-bond donors (Lipinski definition) is 2. The number of hydrogen-bond acceptors (Lipinski definition) is 5. The molecule has 0 atom stereocenters. The predicted molar refractivity (Wildman–Crippen MR) is 69.7 cm³/mol. The Morgan fingerprint density at radius 3 is 3.00 bits per heavy atom. The van der Waals surface area contributed by atoms with E-state index in [2.05, 4.69) is 10.4 Å². The Kier molecular flexibility index (Phi) is 4.24. The van der Waals surface area contributed by atoms with Gasteiger partial charge in [0.05, 0.1) is 18.8 Å². The van der Waals surface area contributed by atoms with Crippen molar-refractivity contribution in [2.45, 2.75) is 13.5 Å². The van der Waals surface area contributed by atoms with E-state index in [9.17, 15) is 4.39 Å². The molecular weight excluding hydrogens is 253 g/mol. The van der Waals surface area contributed by atoms with Crippen molar-refractivity contribution in [1.29, 1.82) is 0 Å². The maximum absolute atomic E-state index is 13.7. The number of nitrogens with one attached hydrogen (secondary N) is 1. The minimum atomic E-state index is -0.374. The summed E-state index contributed by atoms with van der Waals surface area (Å²) in [4.78, 5) is 4.36. The third-order valence-electron chi connectivity index (χ3n) is 2.33. The smallest absolute Gasteiger partial charge is 0.165 e. The molecule has 0 bridgehead atoms. The summed E-state index contributed by atoms with van der Waals surface area (Å²) in [5.74, 6) is 5.12. The topological polar surface area (TPSA) is 60.2 Å². The van der Waals surface area contributed by atoms with Crippen molar-refractivity contribution in [1.82, 2.24) is 10.4 Å². The van der Waals surface area contributed by atoms with Gasteiger partial charge in [0.25, 0.3) is 0 Å². The first-order valence-electron chi connectivity index (χ1n) is 5.55. The molecule has 0 unspecified atom stereocenters. The quantitative estimate of drug-likeness (QED) is 0.644. The van der Waals surface area contributed by atoms with Gasteiger partial charge in [0.15, 0.2) is 11.6 Å². The average molecular weight is 267 g/mol. The number of ether oxygens (including phenoxy) is 1. The monoisotopic (exact) mass is 267 g/mol. The fourth-order valence-corrected chi connectivity index (χ4v) is 2.30. The predicted octanol–water partition coefficient (Wildman–Crippen LogP) is 2.31. The number of aromatic nitrogens is 1. The van der Waals surface area contributed by atoms with Crippen LogP contribution in [0.15, 0.2) is 23.6 Å². The van der Waals surface area contributed by atoms with Crippen LogP contribution in [-0.4, -0.2) is 11.6 Å². The van der Waals surface area contributed by atoms with Gasteiger partial charge in [-0.3, -0.25) is 11.3 Å². The van der Waals surface area contributed by atoms with Crippen molar-refractivity contribution in [2.24, 2.45) is 5.84 Å². The molecule has 96 valence electrons. The second kappa shape index (κ2) is 5.90. The Bertz CT molecular complexity index is 530. The SMILES string of the molecule is CCOc1ccc(-c2csc(CNN)n2)cc1F. The highest BCUT2D eigenvalue weighted by atomic mass is 32.1. The van der Waals surface area contributed by atoms with Crippen molar-refractivity contribution in [3.05, 3.63) is 34.4 Å². The standard InChI is InChI=1S/C12H14FN3OS/c1-2-17-11-4-3-8(5-9(11)13)10-7-18-12(16-10)6-15-14/h3-5,7,15H,2,6,14H2,1H3. The van der Waals surface area contributed by atoms with Crippen LogP contribution in [-0.2, 0) is 6.54 Å². The molecule has 1 heterocycles. The molecule has 0 radical (unpaired) electrons. The zero-order chi connectivity index (χ0) is 13.0. The number of benzene rings is 1. The van der Waals surface area contributed by atoms with Crippen molar-refractivity contribution < 1.29 is 9.13 Å². The van der Waals surface area contributed by atoms with Crippen molar-refractivity contribution in [2.75, 3.05) is 6.61 Å². The lowest BCUT2D eigenvalue weighted by atomic mass is 10.1. The maximum atomic E-state index is 13.7. The van der Waals surface area contributed by atoms with Gasteiger partial charge in [-0.25, -0.2) is 9.37 Å². The highest BCUT2D eigenvalue weighted by Crippen LogP contribution is 2.26. The Morgan fingerprint density at radius 1 is 1.50 bits per heavy atom. The van der Waals surface area contributed by atoms with Gasteiger partial charge in [0.2, 0.25) is 0 Å². The van der Waals surface area contributed by atoms with Crippen LogP contribution in [0.5, 0.6) is 5.75 Å². The summed E-state index contributed by atoms with van der Waals surface area (Å²) in [7, 11) is 0. The van der Waals surface area contributed by atoms with E-state index in [1.54, 1.807) is 12.1 Å². The molecule has 1 aromatic heterocycles. The third-order valence-corrected chi connectivity index (χ3v) is 3.18. The highest BCUT2D eigenvalue weighted by molar-refractivity contribution is 7.09. The van der Waals surface area contributed by atoms with E-state index in [1.165, 1.54) is 17.4 Å². The number of halogens is 1. The van der Waals surface area contributed by atoms with Crippen LogP contribution in [0.4, 0.5) is 4.39 Å². The minimum absolute atomic E-state index is 0.264. The van der Waals surface area contributed by atoms with Gasteiger partial charge < -0.3 is 4.74 Å². The van der Waals surface area contributed by atoms with Gasteiger partial charge >= 0.3 is 0 Å². The van der Waals surface area contributed by atoms with Crippen LogP contribution in [0.1, 0.15) is 11.9 Å². The van der Waals surface area contributed by atoms with Crippen molar-refractivity contribution in [3.63, 3.8) is 0 Å². The summed E-state index contributed by atoms with van der Waals surface area (Å²) in [5.41, 5.74) is 4.01. The van der Waals surface area contributed by atoms with Crippen LogP contribution in [0.25, 0.3) is 11.3 Å². The molecule has 0 saturated heterocycles. The van der Waals surface area contributed by atoms with E-state index >= 15 is 0 Å². The van der Waals surface area contributed by atoms with Crippen LogP contribution in [0.2, 0.25) is 0 Å². The summed E-state index contributed by atoms with van der Waals surface area (Å²) in [5, 5.41) is 2.74. The first-order valence-corrected chi connectivity index (χ1v) is 6.43. The molecule has 4 nitrogen and oxygen atoms in total. The zero-order valence-electron chi connectivity index (χ0n) is 9.94. The molecule has 1 aromatic carbocycles. The first-order chi connectivity index (χ1) is 8.74. The Morgan fingerprint density at radius 2 is 2.33 bits per heavy atom. The number of thiazole rings is 1. The second-order valence-corrected chi connectivity index (χ2v) is 4.53. The fraction of sp³-hybridized carbons (Fsp3) is 0.250.